The summed E-state index contributed by atoms with van der Waals surface area (Å²) in [4.78, 5) is 0. The summed E-state index contributed by atoms with van der Waals surface area (Å²) >= 11 is 5.04. The third-order valence-electron chi connectivity index (χ3n) is 3.07. The zero-order valence-corrected chi connectivity index (χ0v) is 12.9. The molecule has 0 aliphatic carbocycles. The predicted molar refractivity (Wildman–Crippen MR) is 85.6 cm³/mol. The van der Waals surface area contributed by atoms with E-state index >= 15 is 0 Å². The lowest BCUT2D eigenvalue weighted by molar-refractivity contribution is -0.137. The van der Waals surface area contributed by atoms with Gasteiger partial charge in [-0.15, -0.1) is 0 Å². The van der Waals surface area contributed by atoms with E-state index in [1.54, 1.807) is 24.3 Å². The van der Waals surface area contributed by atoms with Gasteiger partial charge in [-0.05, 0) is 42.5 Å². The maximum Gasteiger partial charge on any atom is 0.416 e. The van der Waals surface area contributed by atoms with E-state index in [1.165, 1.54) is 0 Å². The highest BCUT2D eigenvalue weighted by molar-refractivity contribution is 7.80. The summed E-state index contributed by atoms with van der Waals surface area (Å²) in [7, 11) is 0. The van der Waals surface area contributed by atoms with Crippen molar-refractivity contribution < 1.29 is 17.6 Å². The molecule has 0 radical (unpaired) electrons. The summed E-state index contributed by atoms with van der Waals surface area (Å²) in [5.41, 5.74) is 0.0201. The Bertz CT molecular complexity index is 797. The molecule has 2 aromatic carbocycles. The molecule has 2 rings (SSSR count). The highest BCUT2D eigenvalue weighted by Crippen LogP contribution is 2.30. The monoisotopic (exact) mass is 353 g/mol. The van der Waals surface area contributed by atoms with Gasteiger partial charge in [-0.2, -0.15) is 18.4 Å². The van der Waals surface area contributed by atoms with E-state index in [0.717, 1.165) is 12.1 Å². The van der Waals surface area contributed by atoms with Crippen LogP contribution in [-0.4, -0.2) is 5.11 Å². The summed E-state index contributed by atoms with van der Waals surface area (Å²) in [6.07, 6.45) is -4.59. The largest absolute Gasteiger partial charge is 0.416 e. The van der Waals surface area contributed by atoms with E-state index in [2.05, 4.69) is 10.6 Å². The van der Waals surface area contributed by atoms with Crippen LogP contribution in [0.25, 0.3) is 0 Å². The van der Waals surface area contributed by atoms with Gasteiger partial charge in [0.2, 0.25) is 0 Å². The molecule has 0 aliphatic rings. The molecule has 0 atom stereocenters. The van der Waals surface area contributed by atoms with Crippen LogP contribution in [0, 0.1) is 17.1 Å². The maximum absolute atomic E-state index is 13.7. The van der Waals surface area contributed by atoms with Gasteiger partial charge in [0, 0.05) is 17.8 Å². The molecule has 0 saturated carbocycles. The van der Waals surface area contributed by atoms with Crippen LogP contribution < -0.4 is 10.6 Å². The van der Waals surface area contributed by atoms with Gasteiger partial charge in [0.05, 0.1) is 17.2 Å². The quantitative estimate of drug-likeness (QED) is 0.641. The Kier molecular flexibility index (Phi) is 5.36. The number of nitrogens with one attached hydrogen (secondary N) is 2. The summed E-state index contributed by atoms with van der Waals surface area (Å²) in [6, 6.07) is 10.9. The molecule has 3 nitrogen and oxygen atoms in total. The smallest absolute Gasteiger partial charge is 0.358 e. The van der Waals surface area contributed by atoms with Gasteiger partial charge in [-0.1, -0.05) is 12.1 Å². The SMILES string of the molecule is N#Cc1cccc(NC(=S)NCc2ccc(C(F)(F)F)cc2F)c1. The Labute approximate surface area is 140 Å². The third-order valence-corrected chi connectivity index (χ3v) is 3.32. The van der Waals surface area contributed by atoms with Crippen molar-refractivity contribution in [3.05, 3.63) is 65.0 Å². The number of benzene rings is 2. The van der Waals surface area contributed by atoms with Crippen molar-refractivity contribution in [3.63, 3.8) is 0 Å². The number of thiocarbonyl (C=S) groups is 1. The highest BCUT2D eigenvalue weighted by Gasteiger charge is 2.31. The first kappa shape index (κ1) is 17.7. The lowest BCUT2D eigenvalue weighted by atomic mass is 10.1. The zero-order valence-electron chi connectivity index (χ0n) is 12.1. The van der Waals surface area contributed by atoms with Crippen molar-refractivity contribution in [1.82, 2.24) is 5.32 Å². The second-order valence-electron chi connectivity index (χ2n) is 4.80. The highest BCUT2D eigenvalue weighted by atomic mass is 32.1. The van der Waals surface area contributed by atoms with Crippen molar-refractivity contribution in [3.8, 4) is 6.07 Å². The third kappa shape index (κ3) is 4.67. The van der Waals surface area contributed by atoms with Crippen molar-refractivity contribution in [2.75, 3.05) is 5.32 Å². The van der Waals surface area contributed by atoms with Crippen molar-refractivity contribution >= 4 is 23.0 Å². The summed E-state index contributed by atoms with van der Waals surface area (Å²) in [5, 5.41) is 14.5. The van der Waals surface area contributed by atoms with Gasteiger partial charge in [-0.3, -0.25) is 0 Å². The van der Waals surface area contributed by atoms with Crippen LogP contribution in [0.3, 0.4) is 0 Å². The van der Waals surface area contributed by atoms with Crippen LogP contribution in [0.2, 0.25) is 0 Å². The number of nitrogens with zero attached hydrogens (tertiary/aromatic N) is 1. The fourth-order valence-corrected chi connectivity index (χ4v) is 2.07. The predicted octanol–water partition coefficient (Wildman–Crippen LogP) is 4.20. The fraction of sp³-hybridized carbons (Fsp3) is 0.125. The summed E-state index contributed by atoms with van der Waals surface area (Å²) in [5.74, 6) is -0.966. The van der Waals surface area contributed by atoms with Crippen LogP contribution in [0.1, 0.15) is 16.7 Å². The number of hydrogen-bond acceptors (Lipinski definition) is 2. The van der Waals surface area contributed by atoms with Gasteiger partial charge in [0.15, 0.2) is 5.11 Å². The Morgan fingerprint density at radius 3 is 2.54 bits per heavy atom. The summed E-state index contributed by atoms with van der Waals surface area (Å²) in [6.45, 7) is -0.0757. The Morgan fingerprint density at radius 1 is 1.17 bits per heavy atom. The first-order chi connectivity index (χ1) is 11.3. The molecule has 0 aliphatic heterocycles. The Morgan fingerprint density at radius 2 is 1.92 bits per heavy atom. The van der Waals surface area contributed by atoms with Crippen LogP contribution in [0.5, 0.6) is 0 Å². The molecule has 0 bridgehead atoms. The van der Waals surface area contributed by atoms with Crippen LogP contribution >= 0.6 is 12.2 Å². The minimum absolute atomic E-state index is 0.0536. The van der Waals surface area contributed by atoms with E-state index in [0.29, 0.717) is 17.3 Å². The second kappa shape index (κ2) is 7.27. The van der Waals surface area contributed by atoms with Crippen LogP contribution in [0.15, 0.2) is 42.5 Å². The maximum atomic E-state index is 13.7. The standard InChI is InChI=1S/C16H11F4N3S/c17-14-7-12(16(18,19)20)5-4-11(14)9-22-15(24)23-13-3-1-2-10(6-13)8-21/h1-7H,9H2,(H2,22,23,24). The second-order valence-corrected chi connectivity index (χ2v) is 5.21. The van der Waals surface area contributed by atoms with Crippen molar-refractivity contribution in [2.45, 2.75) is 12.7 Å². The van der Waals surface area contributed by atoms with Crippen LogP contribution in [0.4, 0.5) is 23.2 Å². The van der Waals surface area contributed by atoms with Gasteiger partial charge < -0.3 is 10.6 Å². The van der Waals surface area contributed by atoms with Gasteiger partial charge in [0.1, 0.15) is 5.82 Å². The average molecular weight is 353 g/mol. The zero-order chi connectivity index (χ0) is 17.7. The molecule has 2 aromatic rings. The number of alkyl halides is 3. The van der Waals surface area contributed by atoms with E-state index < -0.39 is 17.6 Å². The number of rotatable bonds is 3. The first-order valence-corrected chi connectivity index (χ1v) is 7.11. The number of nitriles is 1. The van der Waals surface area contributed by atoms with E-state index in [1.807, 2.05) is 6.07 Å². The van der Waals surface area contributed by atoms with Gasteiger partial charge >= 0.3 is 6.18 Å². The molecular weight excluding hydrogens is 342 g/mol. The molecule has 8 heteroatoms. The minimum atomic E-state index is -4.59. The fourth-order valence-electron chi connectivity index (χ4n) is 1.88. The van der Waals surface area contributed by atoms with E-state index in [9.17, 15) is 17.6 Å². The Hall–Kier alpha value is -2.66. The topological polar surface area (TPSA) is 47.9 Å². The molecule has 0 fully saturated rings. The molecule has 0 unspecified atom stereocenters. The molecule has 0 aromatic heterocycles. The minimum Gasteiger partial charge on any atom is -0.358 e. The molecular formula is C16H11F4N3S. The number of hydrogen-bond donors (Lipinski definition) is 2. The van der Waals surface area contributed by atoms with E-state index in [4.69, 9.17) is 17.5 Å². The molecule has 0 amide bonds. The van der Waals surface area contributed by atoms with Crippen molar-refractivity contribution in [2.24, 2.45) is 0 Å². The molecule has 2 N–H and O–H groups in total. The first-order valence-electron chi connectivity index (χ1n) is 6.70. The van der Waals surface area contributed by atoms with Crippen LogP contribution in [-0.2, 0) is 12.7 Å². The van der Waals surface area contributed by atoms with E-state index in [-0.39, 0.29) is 17.2 Å². The van der Waals surface area contributed by atoms with Gasteiger partial charge in [0.25, 0.3) is 0 Å². The summed E-state index contributed by atoms with van der Waals surface area (Å²) < 4.78 is 51.2. The molecule has 0 heterocycles. The van der Waals surface area contributed by atoms with Crippen molar-refractivity contribution in [1.29, 1.82) is 5.26 Å². The lowest BCUT2D eigenvalue weighted by Gasteiger charge is -2.12. The normalized spacial score (nSPS) is 10.8. The molecule has 0 saturated heterocycles. The molecule has 0 spiro atoms. The lowest BCUT2D eigenvalue weighted by Crippen LogP contribution is -2.28. The average Bonchev–Trinajstić information content (AvgIpc) is 2.53. The molecule has 124 valence electrons. The number of halogens is 4. The molecule has 24 heavy (non-hydrogen) atoms. The Balaban J connectivity index is 1.98. The number of anilines is 1. The van der Waals surface area contributed by atoms with Gasteiger partial charge in [-0.25, -0.2) is 4.39 Å².